The average molecular weight is 356 g/mol. The smallest absolute Gasteiger partial charge is 0.178 e. The quantitative estimate of drug-likeness (QED) is 0.473. The molecule has 4 rings (SSSR count). The summed E-state index contributed by atoms with van der Waals surface area (Å²) in [6, 6.07) is 19.1. The fourth-order valence-electron chi connectivity index (χ4n) is 3.24. The molecule has 4 heteroatoms. The molecule has 0 saturated heterocycles. The van der Waals surface area contributed by atoms with Crippen molar-refractivity contribution in [3.63, 3.8) is 0 Å². The van der Waals surface area contributed by atoms with Gasteiger partial charge in [-0.1, -0.05) is 43.3 Å². The van der Waals surface area contributed by atoms with Gasteiger partial charge < -0.3 is 10.3 Å². The standard InChI is InChI=1S/C23H24N4/c1-3-12-24-15-20-14-19(7-6-16(20)2)17-8-10-18(11-9-17)22-26-21-5-4-13-25-23(21)27-22/h4-11,13-14,24H,3,12,15H2,1-2H3,(H,25,26,27). The SMILES string of the molecule is CCCNCc1cc(-c2ccc(-c3nc4ncccc4[nH]3)cc2)ccc1C. The van der Waals surface area contributed by atoms with Gasteiger partial charge in [-0.3, -0.25) is 0 Å². The third-order valence-electron chi connectivity index (χ3n) is 4.84. The van der Waals surface area contributed by atoms with Gasteiger partial charge in [-0.15, -0.1) is 0 Å². The van der Waals surface area contributed by atoms with E-state index in [0.717, 1.165) is 42.1 Å². The van der Waals surface area contributed by atoms with Gasteiger partial charge in [0.2, 0.25) is 0 Å². The Bertz CT molecular complexity index is 1010. The fraction of sp³-hybridized carbons (Fsp3) is 0.217. The van der Waals surface area contributed by atoms with Gasteiger partial charge in [0.25, 0.3) is 0 Å². The van der Waals surface area contributed by atoms with Crippen LogP contribution in [0.1, 0.15) is 24.5 Å². The number of aryl methyl sites for hydroxylation is 1. The van der Waals surface area contributed by atoms with Crippen molar-refractivity contribution in [2.75, 3.05) is 6.54 Å². The third kappa shape index (κ3) is 3.76. The Balaban J connectivity index is 1.59. The van der Waals surface area contributed by atoms with Gasteiger partial charge in [0.05, 0.1) is 5.52 Å². The van der Waals surface area contributed by atoms with Crippen molar-refractivity contribution < 1.29 is 0 Å². The lowest BCUT2D eigenvalue weighted by Crippen LogP contribution is -2.14. The number of rotatable bonds is 6. The molecular weight excluding hydrogens is 332 g/mol. The van der Waals surface area contributed by atoms with Gasteiger partial charge >= 0.3 is 0 Å². The molecule has 0 aliphatic heterocycles. The summed E-state index contributed by atoms with van der Waals surface area (Å²) in [6.07, 6.45) is 2.91. The second-order valence-electron chi connectivity index (χ2n) is 6.86. The second-order valence-corrected chi connectivity index (χ2v) is 6.86. The van der Waals surface area contributed by atoms with Crippen LogP contribution in [0.3, 0.4) is 0 Å². The summed E-state index contributed by atoms with van der Waals surface area (Å²) in [4.78, 5) is 12.2. The van der Waals surface area contributed by atoms with Gasteiger partial charge in [0, 0.05) is 18.3 Å². The van der Waals surface area contributed by atoms with Gasteiger partial charge in [0.1, 0.15) is 5.82 Å². The molecule has 0 aliphatic carbocycles. The van der Waals surface area contributed by atoms with Crippen LogP contribution in [0.5, 0.6) is 0 Å². The normalized spacial score (nSPS) is 11.2. The molecule has 27 heavy (non-hydrogen) atoms. The third-order valence-corrected chi connectivity index (χ3v) is 4.84. The van der Waals surface area contributed by atoms with Crippen LogP contribution in [0.2, 0.25) is 0 Å². The molecule has 4 nitrogen and oxygen atoms in total. The Morgan fingerprint density at radius 2 is 1.74 bits per heavy atom. The zero-order valence-electron chi connectivity index (χ0n) is 15.8. The van der Waals surface area contributed by atoms with Crippen molar-refractivity contribution in [3.05, 3.63) is 71.9 Å². The first-order valence-corrected chi connectivity index (χ1v) is 9.46. The first kappa shape index (κ1) is 17.4. The van der Waals surface area contributed by atoms with Crippen molar-refractivity contribution in [3.8, 4) is 22.5 Å². The highest BCUT2D eigenvalue weighted by Gasteiger charge is 2.07. The van der Waals surface area contributed by atoms with Crippen LogP contribution in [-0.2, 0) is 6.54 Å². The maximum Gasteiger partial charge on any atom is 0.178 e. The van der Waals surface area contributed by atoms with E-state index in [1.54, 1.807) is 6.20 Å². The lowest BCUT2D eigenvalue weighted by atomic mass is 9.98. The van der Waals surface area contributed by atoms with Gasteiger partial charge in [-0.2, -0.15) is 0 Å². The highest BCUT2D eigenvalue weighted by molar-refractivity contribution is 5.76. The van der Waals surface area contributed by atoms with E-state index in [-0.39, 0.29) is 0 Å². The van der Waals surface area contributed by atoms with Crippen LogP contribution in [0.25, 0.3) is 33.7 Å². The molecule has 0 amide bonds. The van der Waals surface area contributed by atoms with Crippen LogP contribution in [-0.4, -0.2) is 21.5 Å². The molecule has 2 N–H and O–H groups in total. The summed E-state index contributed by atoms with van der Waals surface area (Å²) >= 11 is 0. The number of H-pyrrole nitrogens is 1. The molecule has 0 aliphatic rings. The predicted molar refractivity (Wildman–Crippen MR) is 111 cm³/mol. The molecule has 0 spiro atoms. The molecule has 2 aromatic heterocycles. The van der Waals surface area contributed by atoms with Crippen LogP contribution < -0.4 is 5.32 Å². The molecule has 0 bridgehead atoms. The molecule has 0 unspecified atom stereocenters. The topological polar surface area (TPSA) is 53.6 Å². The number of fused-ring (bicyclic) bond motifs is 1. The van der Waals surface area contributed by atoms with Crippen LogP contribution in [0.4, 0.5) is 0 Å². The number of aromatic amines is 1. The summed E-state index contributed by atoms with van der Waals surface area (Å²) in [6.45, 7) is 6.32. The summed E-state index contributed by atoms with van der Waals surface area (Å²) in [5.74, 6) is 0.851. The van der Waals surface area contributed by atoms with Gasteiger partial charge in [0.15, 0.2) is 5.65 Å². The zero-order chi connectivity index (χ0) is 18.6. The van der Waals surface area contributed by atoms with Crippen molar-refractivity contribution in [1.82, 2.24) is 20.3 Å². The maximum atomic E-state index is 4.58. The minimum Gasteiger partial charge on any atom is -0.337 e. The highest BCUT2D eigenvalue weighted by atomic mass is 15.0. The number of benzene rings is 2. The number of aromatic nitrogens is 3. The van der Waals surface area contributed by atoms with Crippen LogP contribution in [0, 0.1) is 6.92 Å². The number of hydrogen-bond donors (Lipinski definition) is 2. The van der Waals surface area contributed by atoms with E-state index in [2.05, 4.69) is 76.6 Å². The molecule has 136 valence electrons. The first-order valence-electron chi connectivity index (χ1n) is 9.46. The van der Waals surface area contributed by atoms with Crippen LogP contribution in [0.15, 0.2) is 60.8 Å². The molecular formula is C23H24N4. The summed E-state index contributed by atoms with van der Waals surface area (Å²) in [7, 11) is 0. The predicted octanol–water partition coefficient (Wildman–Crippen LogP) is 5.10. The first-order chi connectivity index (χ1) is 13.2. The summed E-state index contributed by atoms with van der Waals surface area (Å²) < 4.78 is 0. The molecule has 0 fully saturated rings. The molecule has 2 heterocycles. The van der Waals surface area contributed by atoms with Crippen molar-refractivity contribution >= 4 is 11.2 Å². The lowest BCUT2D eigenvalue weighted by molar-refractivity contribution is 0.673. The van der Waals surface area contributed by atoms with E-state index < -0.39 is 0 Å². The summed E-state index contributed by atoms with van der Waals surface area (Å²) in [5, 5.41) is 3.50. The largest absolute Gasteiger partial charge is 0.337 e. The Hall–Kier alpha value is -2.98. The minimum atomic E-state index is 0.749. The van der Waals surface area contributed by atoms with E-state index >= 15 is 0 Å². The van der Waals surface area contributed by atoms with Crippen molar-refractivity contribution in [2.24, 2.45) is 0 Å². The van der Waals surface area contributed by atoms with E-state index in [0.29, 0.717) is 0 Å². The second kappa shape index (κ2) is 7.72. The molecule has 0 atom stereocenters. The number of hydrogen-bond acceptors (Lipinski definition) is 3. The Morgan fingerprint density at radius 3 is 2.52 bits per heavy atom. The molecule has 0 saturated carbocycles. The Kier molecular flexibility index (Phi) is 4.99. The van der Waals surface area contributed by atoms with E-state index in [1.807, 2.05) is 12.1 Å². The van der Waals surface area contributed by atoms with E-state index in [4.69, 9.17) is 0 Å². The Labute approximate surface area is 159 Å². The zero-order valence-corrected chi connectivity index (χ0v) is 15.8. The molecule has 4 aromatic rings. The molecule has 2 aromatic carbocycles. The lowest BCUT2D eigenvalue weighted by Gasteiger charge is -2.10. The molecule has 0 radical (unpaired) electrons. The fourth-order valence-corrected chi connectivity index (χ4v) is 3.24. The van der Waals surface area contributed by atoms with Gasteiger partial charge in [-0.25, -0.2) is 9.97 Å². The van der Waals surface area contributed by atoms with E-state index in [1.165, 1.54) is 22.3 Å². The monoisotopic (exact) mass is 356 g/mol. The number of nitrogens with zero attached hydrogens (tertiary/aromatic N) is 2. The number of nitrogens with one attached hydrogen (secondary N) is 2. The average Bonchev–Trinajstić information content (AvgIpc) is 3.14. The van der Waals surface area contributed by atoms with E-state index in [9.17, 15) is 0 Å². The summed E-state index contributed by atoms with van der Waals surface area (Å²) in [5.41, 5.74) is 7.91. The Morgan fingerprint density at radius 1 is 0.963 bits per heavy atom. The maximum absolute atomic E-state index is 4.58. The van der Waals surface area contributed by atoms with Crippen molar-refractivity contribution in [2.45, 2.75) is 26.8 Å². The highest BCUT2D eigenvalue weighted by Crippen LogP contribution is 2.26. The van der Waals surface area contributed by atoms with Crippen molar-refractivity contribution in [1.29, 1.82) is 0 Å². The minimum absolute atomic E-state index is 0.749. The van der Waals surface area contributed by atoms with Gasteiger partial charge in [-0.05, 0) is 60.3 Å². The number of pyridine rings is 1. The van der Waals surface area contributed by atoms with Crippen LogP contribution >= 0.6 is 0 Å². The number of imidazole rings is 1.